The summed E-state index contributed by atoms with van der Waals surface area (Å²) < 4.78 is 35.3. The van der Waals surface area contributed by atoms with Gasteiger partial charge in [-0.05, 0) is 54.8 Å². The Balaban J connectivity index is 1.67. The molecular weight excluding hydrogens is 506 g/mol. The molecule has 0 radical (unpaired) electrons. The molecule has 0 N–H and O–H groups in total. The molecule has 2 aromatic heterocycles. The van der Waals surface area contributed by atoms with Gasteiger partial charge in [-0.3, -0.25) is 9.59 Å². The highest BCUT2D eigenvalue weighted by molar-refractivity contribution is 7.91. The van der Waals surface area contributed by atoms with Crippen molar-refractivity contribution in [2.45, 2.75) is 50.3 Å². The lowest BCUT2D eigenvalue weighted by Crippen LogP contribution is -2.42. The summed E-state index contributed by atoms with van der Waals surface area (Å²) in [7, 11) is -3.63. The van der Waals surface area contributed by atoms with E-state index < -0.39 is 21.9 Å². The van der Waals surface area contributed by atoms with E-state index in [0.717, 1.165) is 15.8 Å². The molecule has 8 nitrogen and oxygen atoms in total. The summed E-state index contributed by atoms with van der Waals surface area (Å²) in [6, 6.07) is 9.30. The van der Waals surface area contributed by atoms with Gasteiger partial charge >= 0.3 is 5.97 Å². The van der Waals surface area contributed by atoms with Gasteiger partial charge in [-0.25, -0.2) is 8.42 Å². The van der Waals surface area contributed by atoms with Gasteiger partial charge in [0.2, 0.25) is 0 Å². The van der Waals surface area contributed by atoms with Crippen molar-refractivity contribution >= 4 is 54.8 Å². The zero-order valence-corrected chi connectivity index (χ0v) is 22.4. The van der Waals surface area contributed by atoms with Crippen molar-refractivity contribution in [1.82, 2.24) is 8.87 Å². The second-order valence-electron chi connectivity index (χ2n) is 8.74. The molecular formula is C24H29N3O5S3. The lowest BCUT2D eigenvalue weighted by atomic mass is 9.99. The molecule has 0 bridgehead atoms. The molecule has 1 aliphatic rings. The molecule has 11 heteroatoms. The van der Waals surface area contributed by atoms with Crippen molar-refractivity contribution in [2.75, 3.05) is 19.7 Å². The van der Waals surface area contributed by atoms with E-state index in [4.69, 9.17) is 4.74 Å². The van der Waals surface area contributed by atoms with E-state index in [1.165, 1.54) is 27.0 Å². The van der Waals surface area contributed by atoms with Gasteiger partial charge in [0, 0.05) is 13.1 Å². The molecule has 0 aliphatic carbocycles. The number of fused-ring (bicyclic) bond motifs is 1. The number of piperidine rings is 1. The number of esters is 1. The Morgan fingerprint density at radius 3 is 2.74 bits per heavy atom. The van der Waals surface area contributed by atoms with E-state index in [1.807, 2.05) is 12.1 Å². The molecule has 1 fully saturated rings. The Kier molecular flexibility index (Phi) is 7.89. The Morgan fingerprint density at radius 1 is 1.26 bits per heavy atom. The molecule has 3 aromatic rings. The van der Waals surface area contributed by atoms with Crippen molar-refractivity contribution in [3.05, 3.63) is 46.1 Å². The van der Waals surface area contributed by atoms with Gasteiger partial charge in [0.15, 0.2) is 4.80 Å². The summed E-state index contributed by atoms with van der Waals surface area (Å²) in [5, 5.41) is 1.73. The summed E-state index contributed by atoms with van der Waals surface area (Å²) in [6.07, 6.45) is 1.16. The number of hydrogen-bond donors (Lipinski definition) is 0. The molecule has 188 valence electrons. The van der Waals surface area contributed by atoms with Gasteiger partial charge in [0.05, 0.1) is 22.7 Å². The minimum Gasteiger partial charge on any atom is -0.465 e. The van der Waals surface area contributed by atoms with Crippen molar-refractivity contribution in [3.63, 3.8) is 0 Å². The Bertz CT molecular complexity index is 1390. The number of thiophene rings is 1. The van der Waals surface area contributed by atoms with Crippen molar-refractivity contribution in [2.24, 2.45) is 10.9 Å². The van der Waals surface area contributed by atoms with Crippen molar-refractivity contribution in [1.29, 1.82) is 0 Å². The van der Waals surface area contributed by atoms with E-state index in [-0.39, 0.29) is 29.8 Å². The largest absolute Gasteiger partial charge is 0.465 e. The summed E-state index contributed by atoms with van der Waals surface area (Å²) in [4.78, 5) is 30.3. The van der Waals surface area contributed by atoms with E-state index in [9.17, 15) is 18.0 Å². The normalized spacial score (nSPS) is 17.8. The fourth-order valence-electron chi connectivity index (χ4n) is 4.11. The molecule has 1 aliphatic heterocycles. The first-order chi connectivity index (χ1) is 16.7. The third-order valence-corrected chi connectivity index (χ3v) is 10.3. The fraction of sp³-hybridized carbons (Fsp3) is 0.458. The summed E-state index contributed by atoms with van der Waals surface area (Å²) in [5.41, 5.74) is 1.96. The van der Waals surface area contributed by atoms with Crippen LogP contribution in [0, 0.1) is 5.92 Å². The fourth-order valence-corrected chi connectivity index (χ4v) is 7.86. The van der Waals surface area contributed by atoms with Crippen LogP contribution in [0.25, 0.3) is 10.2 Å². The van der Waals surface area contributed by atoms with Crippen LogP contribution >= 0.6 is 22.7 Å². The van der Waals surface area contributed by atoms with Gasteiger partial charge in [0.25, 0.3) is 15.9 Å². The molecule has 4 rings (SSSR count). The number of carbonyl (C=O) groups excluding carboxylic acids is 2. The minimum absolute atomic E-state index is 0.0511. The van der Waals surface area contributed by atoms with Crippen molar-refractivity contribution < 1.29 is 22.7 Å². The third kappa shape index (κ3) is 5.58. The number of aromatic nitrogens is 1. The minimum atomic E-state index is -3.63. The first kappa shape index (κ1) is 25.7. The average Bonchev–Trinajstić information content (AvgIpc) is 3.48. The summed E-state index contributed by atoms with van der Waals surface area (Å²) in [6.45, 7) is 6.66. The molecule has 1 amide bonds. The lowest BCUT2D eigenvalue weighted by Gasteiger charge is -2.29. The monoisotopic (exact) mass is 535 g/mol. The maximum atomic E-state index is 13.2. The molecule has 1 aromatic carbocycles. The zero-order valence-electron chi connectivity index (χ0n) is 20.0. The van der Waals surface area contributed by atoms with Crippen molar-refractivity contribution in [3.8, 4) is 0 Å². The SMILES string of the molecule is CCOC(=O)Cn1c(=NC(=O)C2CCCN(S(=O)(=O)c3cccs3)C2)sc2cc(C(C)C)ccc21. The zero-order chi connectivity index (χ0) is 25.2. The number of nitrogens with zero attached hydrogens (tertiary/aromatic N) is 3. The smallest absolute Gasteiger partial charge is 0.326 e. The highest BCUT2D eigenvalue weighted by atomic mass is 32.2. The average molecular weight is 536 g/mol. The maximum Gasteiger partial charge on any atom is 0.326 e. The number of thiazole rings is 1. The van der Waals surface area contributed by atoms with Crippen LogP contribution in [0.3, 0.4) is 0 Å². The summed E-state index contributed by atoms with van der Waals surface area (Å²) >= 11 is 2.52. The van der Waals surface area contributed by atoms with Gasteiger partial charge in [0.1, 0.15) is 10.8 Å². The van der Waals surface area contributed by atoms with E-state index in [2.05, 4.69) is 24.9 Å². The van der Waals surface area contributed by atoms with Crippen LogP contribution in [0.5, 0.6) is 0 Å². The Labute approximate surface area is 212 Å². The highest BCUT2D eigenvalue weighted by Crippen LogP contribution is 2.27. The topological polar surface area (TPSA) is 98.0 Å². The second-order valence-corrected chi connectivity index (χ2v) is 12.9. The molecule has 1 unspecified atom stereocenters. The number of benzene rings is 1. The molecule has 0 spiro atoms. The van der Waals surface area contributed by atoms with Crippen LogP contribution in [0.1, 0.15) is 45.1 Å². The number of hydrogen-bond acceptors (Lipinski definition) is 7. The highest BCUT2D eigenvalue weighted by Gasteiger charge is 2.34. The predicted molar refractivity (Wildman–Crippen MR) is 137 cm³/mol. The van der Waals surface area contributed by atoms with Gasteiger partial charge < -0.3 is 9.30 Å². The van der Waals surface area contributed by atoms with Crippen LogP contribution in [-0.2, 0) is 30.9 Å². The summed E-state index contributed by atoms with van der Waals surface area (Å²) in [5.74, 6) is -0.976. The molecule has 1 atom stereocenters. The number of sulfonamides is 1. The van der Waals surface area contributed by atoms with Gasteiger partial charge in [-0.2, -0.15) is 9.30 Å². The first-order valence-electron chi connectivity index (χ1n) is 11.6. The Hall–Kier alpha value is -2.34. The quantitative estimate of drug-likeness (QED) is 0.426. The number of ether oxygens (including phenoxy) is 1. The standard InChI is InChI=1S/C24H29N3O5S3/c1-4-32-21(28)15-27-19-10-9-17(16(2)3)13-20(19)34-24(27)25-23(29)18-7-5-11-26(14-18)35(30,31)22-8-6-12-33-22/h6,8-10,12-13,16,18H,4-5,7,11,14-15H2,1-3H3. The third-order valence-electron chi connectivity index (χ3n) is 5.99. The lowest BCUT2D eigenvalue weighted by molar-refractivity contribution is -0.143. The Morgan fingerprint density at radius 2 is 2.06 bits per heavy atom. The van der Waals surface area contributed by atoms with Gasteiger partial charge in [-0.15, -0.1) is 11.3 Å². The molecule has 1 saturated heterocycles. The number of rotatable bonds is 7. The van der Waals surface area contributed by atoms with Crippen LogP contribution in [0.15, 0.2) is 44.9 Å². The molecule has 35 heavy (non-hydrogen) atoms. The molecule has 0 saturated carbocycles. The van der Waals surface area contributed by atoms with Crippen LogP contribution in [-0.4, -0.2) is 48.9 Å². The maximum absolute atomic E-state index is 13.2. The van der Waals surface area contributed by atoms with Gasteiger partial charge in [-0.1, -0.05) is 37.3 Å². The van der Waals surface area contributed by atoms with E-state index in [1.54, 1.807) is 29.0 Å². The second kappa shape index (κ2) is 10.7. The van der Waals surface area contributed by atoms with E-state index >= 15 is 0 Å². The van der Waals surface area contributed by atoms with E-state index in [0.29, 0.717) is 30.1 Å². The van der Waals surface area contributed by atoms with Crippen LogP contribution < -0.4 is 4.80 Å². The number of amides is 1. The first-order valence-corrected chi connectivity index (χ1v) is 14.8. The van der Waals surface area contributed by atoms with Crippen LogP contribution in [0.4, 0.5) is 0 Å². The van der Waals surface area contributed by atoms with Crippen LogP contribution in [0.2, 0.25) is 0 Å². The molecule has 3 heterocycles. The number of carbonyl (C=O) groups is 2. The predicted octanol–water partition coefficient (Wildman–Crippen LogP) is 3.98.